The first-order valence-electron chi connectivity index (χ1n) is 4.18. The molecule has 0 bridgehead atoms. The Hall–Kier alpha value is -0.920. The highest BCUT2D eigenvalue weighted by Crippen LogP contribution is 2.06. The van der Waals surface area contributed by atoms with Crippen molar-refractivity contribution in [3.63, 3.8) is 0 Å². The molecule has 0 aliphatic carbocycles. The van der Waals surface area contributed by atoms with Crippen molar-refractivity contribution in [3.8, 4) is 0 Å². The predicted molar refractivity (Wildman–Crippen MR) is 52.0 cm³/mol. The molecule has 1 atom stereocenters. The standard InChI is InChI=1S/C7H14N4O2S/c1-6(5-8)10-14(12,13)7-3-4-9-11(7)2/h3-4,6,10H,5,8H2,1-2H3. The maximum atomic E-state index is 11.7. The van der Waals surface area contributed by atoms with Crippen LogP contribution in [0.15, 0.2) is 17.3 Å². The third-order valence-corrected chi connectivity index (χ3v) is 3.42. The Labute approximate surface area is 83.1 Å². The Morgan fingerprint density at radius 3 is 2.79 bits per heavy atom. The number of nitrogens with zero attached hydrogens (tertiary/aromatic N) is 2. The van der Waals surface area contributed by atoms with E-state index in [-0.39, 0.29) is 17.6 Å². The van der Waals surface area contributed by atoms with E-state index in [0.717, 1.165) is 0 Å². The highest BCUT2D eigenvalue weighted by atomic mass is 32.2. The quantitative estimate of drug-likeness (QED) is 0.681. The molecule has 0 amide bonds. The minimum atomic E-state index is -3.49. The number of hydrogen-bond donors (Lipinski definition) is 2. The topological polar surface area (TPSA) is 90.0 Å². The molecule has 1 rings (SSSR count). The summed E-state index contributed by atoms with van der Waals surface area (Å²) in [4.78, 5) is 0. The van der Waals surface area contributed by atoms with Gasteiger partial charge in [-0.3, -0.25) is 4.68 Å². The monoisotopic (exact) mass is 218 g/mol. The second-order valence-electron chi connectivity index (χ2n) is 3.05. The number of sulfonamides is 1. The molecule has 1 aromatic rings. The minimum absolute atomic E-state index is 0.137. The van der Waals surface area contributed by atoms with Crippen molar-refractivity contribution in [2.45, 2.75) is 18.0 Å². The molecular formula is C7H14N4O2S. The van der Waals surface area contributed by atoms with Crippen LogP contribution in [0.1, 0.15) is 6.92 Å². The fourth-order valence-electron chi connectivity index (χ4n) is 0.999. The third kappa shape index (κ3) is 2.31. The lowest BCUT2D eigenvalue weighted by Gasteiger charge is -2.11. The number of nitrogens with one attached hydrogen (secondary N) is 1. The van der Waals surface area contributed by atoms with Gasteiger partial charge >= 0.3 is 0 Å². The van der Waals surface area contributed by atoms with Gasteiger partial charge in [0.2, 0.25) is 0 Å². The highest BCUT2D eigenvalue weighted by Gasteiger charge is 2.19. The molecule has 0 aliphatic heterocycles. The van der Waals surface area contributed by atoms with E-state index in [4.69, 9.17) is 5.73 Å². The van der Waals surface area contributed by atoms with Crippen LogP contribution in [0.2, 0.25) is 0 Å². The van der Waals surface area contributed by atoms with Gasteiger partial charge in [-0.15, -0.1) is 0 Å². The maximum Gasteiger partial charge on any atom is 0.257 e. The first kappa shape index (κ1) is 11.2. The van der Waals surface area contributed by atoms with Crippen LogP contribution in [0.5, 0.6) is 0 Å². The number of hydrogen-bond acceptors (Lipinski definition) is 4. The summed E-state index contributed by atoms with van der Waals surface area (Å²) in [5.74, 6) is 0. The van der Waals surface area contributed by atoms with Gasteiger partial charge in [0.1, 0.15) is 0 Å². The summed E-state index contributed by atoms with van der Waals surface area (Å²) in [5.41, 5.74) is 5.32. The van der Waals surface area contributed by atoms with Crippen molar-refractivity contribution in [3.05, 3.63) is 12.3 Å². The van der Waals surface area contributed by atoms with Gasteiger partial charge in [0.15, 0.2) is 5.03 Å². The molecule has 0 radical (unpaired) electrons. The van der Waals surface area contributed by atoms with E-state index in [2.05, 4.69) is 9.82 Å². The molecule has 1 unspecified atom stereocenters. The van der Waals surface area contributed by atoms with Gasteiger partial charge in [0.25, 0.3) is 10.0 Å². The van der Waals surface area contributed by atoms with Crippen molar-refractivity contribution >= 4 is 10.0 Å². The Balaban J connectivity index is 2.92. The van der Waals surface area contributed by atoms with Gasteiger partial charge < -0.3 is 5.73 Å². The number of nitrogens with two attached hydrogens (primary N) is 1. The predicted octanol–water partition coefficient (Wildman–Crippen LogP) is -0.954. The molecule has 0 aromatic carbocycles. The third-order valence-electron chi connectivity index (χ3n) is 1.76. The van der Waals surface area contributed by atoms with E-state index in [9.17, 15) is 8.42 Å². The van der Waals surface area contributed by atoms with Crippen molar-refractivity contribution < 1.29 is 8.42 Å². The van der Waals surface area contributed by atoms with Crippen molar-refractivity contribution in [1.82, 2.24) is 14.5 Å². The van der Waals surface area contributed by atoms with Crippen molar-refractivity contribution in [2.24, 2.45) is 12.8 Å². The molecule has 80 valence electrons. The normalized spacial score (nSPS) is 14.2. The van der Waals surface area contributed by atoms with Crippen LogP contribution in [-0.2, 0) is 17.1 Å². The molecule has 0 fully saturated rings. The van der Waals surface area contributed by atoms with Gasteiger partial charge in [-0.05, 0) is 13.0 Å². The smallest absolute Gasteiger partial charge is 0.257 e. The van der Waals surface area contributed by atoms with E-state index in [1.54, 1.807) is 14.0 Å². The van der Waals surface area contributed by atoms with E-state index in [0.29, 0.717) is 0 Å². The molecule has 14 heavy (non-hydrogen) atoms. The maximum absolute atomic E-state index is 11.7. The molecule has 0 saturated carbocycles. The van der Waals surface area contributed by atoms with E-state index >= 15 is 0 Å². The Morgan fingerprint density at radius 2 is 2.36 bits per heavy atom. The summed E-state index contributed by atoms with van der Waals surface area (Å²) >= 11 is 0. The SMILES string of the molecule is CC(CN)NS(=O)(=O)c1ccnn1C. The van der Waals surface area contributed by atoms with E-state index in [1.165, 1.54) is 16.9 Å². The summed E-state index contributed by atoms with van der Waals surface area (Å²) in [6.45, 7) is 1.96. The zero-order chi connectivity index (χ0) is 10.8. The molecule has 0 aliphatic rings. The summed E-state index contributed by atoms with van der Waals surface area (Å²) in [5, 5.41) is 3.92. The molecule has 0 saturated heterocycles. The molecule has 0 spiro atoms. The molecule has 3 N–H and O–H groups in total. The first-order chi connectivity index (χ1) is 6.47. The number of aromatic nitrogens is 2. The van der Waals surface area contributed by atoms with Crippen LogP contribution in [0.3, 0.4) is 0 Å². The zero-order valence-electron chi connectivity index (χ0n) is 8.14. The summed E-state index contributed by atoms with van der Waals surface area (Å²) in [6, 6.07) is 1.15. The Bertz CT molecular complexity index is 398. The zero-order valence-corrected chi connectivity index (χ0v) is 8.95. The summed E-state index contributed by atoms with van der Waals surface area (Å²) < 4.78 is 27.0. The average Bonchev–Trinajstić information content (AvgIpc) is 2.51. The molecule has 6 nitrogen and oxygen atoms in total. The van der Waals surface area contributed by atoms with Crippen molar-refractivity contribution in [2.75, 3.05) is 6.54 Å². The lowest BCUT2D eigenvalue weighted by molar-refractivity contribution is 0.547. The van der Waals surface area contributed by atoms with Crippen LogP contribution in [0.25, 0.3) is 0 Å². The Morgan fingerprint density at radius 1 is 1.71 bits per heavy atom. The van der Waals surface area contributed by atoms with Gasteiger partial charge in [-0.25, -0.2) is 13.1 Å². The van der Waals surface area contributed by atoms with Crippen LogP contribution in [-0.4, -0.2) is 30.8 Å². The second-order valence-corrected chi connectivity index (χ2v) is 4.71. The van der Waals surface area contributed by atoms with Gasteiger partial charge in [-0.1, -0.05) is 0 Å². The number of rotatable bonds is 4. The van der Waals surface area contributed by atoms with Gasteiger partial charge in [0.05, 0.1) is 6.20 Å². The fraction of sp³-hybridized carbons (Fsp3) is 0.571. The van der Waals surface area contributed by atoms with Crippen molar-refractivity contribution in [1.29, 1.82) is 0 Å². The first-order valence-corrected chi connectivity index (χ1v) is 5.66. The Kier molecular flexibility index (Phi) is 3.25. The summed E-state index contributed by atoms with van der Waals surface area (Å²) in [6.07, 6.45) is 1.43. The molecular weight excluding hydrogens is 204 g/mol. The molecule has 1 heterocycles. The lowest BCUT2D eigenvalue weighted by Crippen LogP contribution is -2.38. The average molecular weight is 218 g/mol. The fourth-order valence-corrected chi connectivity index (χ4v) is 2.38. The molecule has 1 aromatic heterocycles. The molecule has 7 heteroatoms. The van der Waals surface area contributed by atoms with E-state index in [1.807, 2.05) is 0 Å². The highest BCUT2D eigenvalue weighted by molar-refractivity contribution is 7.89. The van der Waals surface area contributed by atoms with E-state index < -0.39 is 10.0 Å². The van der Waals surface area contributed by atoms with Crippen LogP contribution in [0.4, 0.5) is 0 Å². The van der Waals surface area contributed by atoms with Crippen LogP contribution < -0.4 is 10.5 Å². The van der Waals surface area contributed by atoms with Gasteiger partial charge in [-0.2, -0.15) is 5.10 Å². The van der Waals surface area contributed by atoms with Crippen LogP contribution >= 0.6 is 0 Å². The van der Waals surface area contributed by atoms with Gasteiger partial charge in [0, 0.05) is 19.6 Å². The largest absolute Gasteiger partial charge is 0.329 e. The second kappa shape index (κ2) is 4.07. The number of aryl methyl sites for hydroxylation is 1. The minimum Gasteiger partial charge on any atom is -0.329 e. The van der Waals surface area contributed by atoms with Crippen LogP contribution in [0, 0.1) is 0 Å². The lowest BCUT2D eigenvalue weighted by atomic mass is 10.4. The summed E-state index contributed by atoms with van der Waals surface area (Å²) in [7, 11) is -1.92.